The Morgan fingerprint density at radius 1 is 1.60 bits per heavy atom. The maximum Gasteiger partial charge on any atom is 0.475 e. The number of likely N-dealkylation sites (N-methyl/N-ethyl adjacent to an activating group) is 1. The number of nitrogens with zero attached hydrogens (tertiary/aromatic N) is 1. The summed E-state index contributed by atoms with van der Waals surface area (Å²) in [4.78, 5) is 24.2. The molecule has 1 aromatic rings. The number of rotatable bonds is 7. The Morgan fingerprint density at radius 2 is 2.30 bits per heavy atom. The second-order valence-electron chi connectivity index (χ2n) is 4.32. The van der Waals surface area contributed by atoms with Crippen LogP contribution in [0.4, 0.5) is 0 Å². The highest BCUT2D eigenvalue weighted by Crippen LogP contribution is 2.09. The highest BCUT2D eigenvalue weighted by atomic mass is 32.1. The van der Waals surface area contributed by atoms with Crippen molar-refractivity contribution in [3.05, 3.63) is 35.0 Å². The zero-order valence-electron chi connectivity index (χ0n) is 11.2. The Morgan fingerprint density at radius 3 is 2.80 bits per heavy atom. The van der Waals surface area contributed by atoms with E-state index in [0.717, 1.165) is 11.6 Å². The fourth-order valence-corrected chi connectivity index (χ4v) is 2.28. The average Bonchev–Trinajstić information content (AvgIpc) is 2.89. The third-order valence-electron chi connectivity index (χ3n) is 2.67. The van der Waals surface area contributed by atoms with Gasteiger partial charge in [-0.3, -0.25) is 9.59 Å². The van der Waals surface area contributed by atoms with Gasteiger partial charge in [-0.05, 0) is 34.9 Å². The van der Waals surface area contributed by atoms with Gasteiger partial charge in [0.25, 0.3) is 0 Å². The van der Waals surface area contributed by atoms with Crippen molar-refractivity contribution in [2.75, 3.05) is 13.6 Å². The summed E-state index contributed by atoms with van der Waals surface area (Å²) in [5.41, 5.74) is 0.906. The van der Waals surface area contributed by atoms with E-state index < -0.39 is 19.0 Å². The van der Waals surface area contributed by atoms with Crippen molar-refractivity contribution in [1.29, 1.82) is 0 Å². The minimum Gasteiger partial charge on any atom is -0.426 e. The van der Waals surface area contributed by atoms with Crippen LogP contribution in [0.2, 0.25) is 0 Å². The van der Waals surface area contributed by atoms with Gasteiger partial charge in [0.1, 0.15) is 0 Å². The molecule has 0 saturated heterocycles. The molecule has 0 radical (unpaired) electrons. The van der Waals surface area contributed by atoms with E-state index in [4.69, 9.17) is 0 Å². The summed E-state index contributed by atoms with van der Waals surface area (Å²) < 4.78 is 0. The van der Waals surface area contributed by atoms with Crippen molar-refractivity contribution in [3.63, 3.8) is 0 Å². The Hall–Kier alpha value is -1.64. The summed E-state index contributed by atoms with van der Waals surface area (Å²) in [5.74, 6) is -1.65. The van der Waals surface area contributed by atoms with Crippen molar-refractivity contribution in [2.24, 2.45) is 0 Å². The predicted octanol–water partition coefficient (Wildman–Crippen LogP) is -0.568. The Bertz CT molecular complexity index is 464. The van der Waals surface area contributed by atoms with Gasteiger partial charge in [0.05, 0.1) is 12.5 Å². The molecule has 1 heterocycles. The van der Waals surface area contributed by atoms with Crippen molar-refractivity contribution in [2.45, 2.75) is 12.4 Å². The Balaban J connectivity index is 2.55. The Labute approximate surface area is 121 Å². The van der Waals surface area contributed by atoms with Crippen molar-refractivity contribution < 1.29 is 19.6 Å². The molecular formula is C12H17BN2O4S. The third kappa shape index (κ3) is 5.16. The normalized spacial score (nSPS) is 11.6. The first-order valence-electron chi connectivity index (χ1n) is 5.98. The molecule has 0 bridgehead atoms. The van der Waals surface area contributed by atoms with Crippen LogP contribution in [0.5, 0.6) is 0 Å². The SMILES string of the molecule is C=CC(=O)N(C)CC(=O)N[C@@H](Cc1ccsc1)B(O)O. The maximum absolute atomic E-state index is 11.8. The lowest BCUT2D eigenvalue weighted by atomic mass is 9.76. The molecule has 6 nitrogen and oxygen atoms in total. The van der Waals surface area contributed by atoms with Crippen LogP contribution in [0.15, 0.2) is 29.5 Å². The van der Waals surface area contributed by atoms with Crippen LogP contribution in [-0.2, 0) is 16.0 Å². The molecule has 0 saturated carbocycles. The van der Waals surface area contributed by atoms with Crippen molar-refractivity contribution in [1.82, 2.24) is 10.2 Å². The molecule has 0 fully saturated rings. The fourth-order valence-electron chi connectivity index (χ4n) is 1.60. The van der Waals surface area contributed by atoms with Crippen LogP contribution < -0.4 is 5.32 Å². The van der Waals surface area contributed by atoms with Gasteiger partial charge in [0.2, 0.25) is 11.8 Å². The van der Waals surface area contributed by atoms with Gasteiger partial charge in [-0.15, -0.1) is 0 Å². The molecule has 0 spiro atoms. The van der Waals surface area contributed by atoms with Crippen molar-refractivity contribution >= 4 is 30.3 Å². The molecule has 1 atom stereocenters. The van der Waals surface area contributed by atoms with E-state index in [2.05, 4.69) is 11.9 Å². The molecule has 0 aliphatic heterocycles. The fraction of sp³-hybridized carbons (Fsp3) is 0.333. The maximum atomic E-state index is 11.8. The van der Waals surface area contributed by atoms with Gasteiger partial charge >= 0.3 is 7.12 Å². The van der Waals surface area contributed by atoms with E-state index in [9.17, 15) is 19.6 Å². The second-order valence-corrected chi connectivity index (χ2v) is 5.10. The van der Waals surface area contributed by atoms with Crippen LogP contribution in [0.3, 0.4) is 0 Å². The smallest absolute Gasteiger partial charge is 0.426 e. The lowest BCUT2D eigenvalue weighted by Gasteiger charge is -2.20. The van der Waals surface area contributed by atoms with Crippen LogP contribution in [-0.4, -0.2) is 53.4 Å². The topological polar surface area (TPSA) is 89.9 Å². The molecule has 108 valence electrons. The van der Waals surface area contributed by atoms with Gasteiger partial charge < -0.3 is 20.3 Å². The van der Waals surface area contributed by atoms with Crippen molar-refractivity contribution in [3.8, 4) is 0 Å². The van der Waals surface area contributed by atoms with E-state index in [1.807, 2.05) is 16.8 Å². The van der Waals surface area contributed by atoms with Crippen LogP contribution in [0.25, 0.3) is 0 Å². The summed E-state index contributed by atoms with van der Waals surface area (Å²) in [6, 6.07) is 1.85. The average molecular weight is 296 g/mol. The molecule has 0 aliphatic carbocycles. The van der Waals surface area contributed by atoms with E-state index in [-0.39, 0.29) is 12.5 Å². The number of hydrogen-bond donors (Lipinski definition) is 3. The first-order valence-corrected chi connectivity index (χ1v) is 6.92. The van der Waals surface area contributed by atoms with Gasteiger partial charge in [-0.1, -0.05) is 6.58 Å². The summed E-state index contributed by atoms with van der Waals surface area (Å²) in [5, 5.41) is 24.8. The zero-order chi connectivity index (χ0) is 15.1. The molecule has 1 rings (SSSR count). The lowest BCUT2D eigenvalue weighted by Crippen LogP contribution is -2.50. The highest BCUT2D eigenvalue weighted by Gasteiger charge is 2.26. The van der Waals surface area contributed by atoms with Gasteiger partial charge in [0, 0.05) is 7.05 Å². The zero-order valence-corrected chi connectivity index (χ0v) is 12.0. The first-order chi connectivity index (χ1) is 9.43. The summed E-state index contributed by atoms with van der Waals surface area (Å²) in [6.07, 6.45) is 1.42. The number of carbonyl (C=O) groups excluding carboxylic acids is 2. The van der Waals surface area contributed by atoms with E-state index >= 15 is 0 Å². The second kappa shape index (κ2) is 7.83. The molecular weight excluding hydrogens is 279 g/mol. The molecule has 0 unspecified atom stereocenters. The standard InChI is InChI=1S/C12H17BN2O4S/c1-3-12(17)15(2)7-11(16)14-10(13(18)19)6-9-4-5-20-8-9/h3-5,8,10,18-19H,1,6-7H2,2H3,(H,14,16)/t10-/m0/s1. The molecule has 20 heavy (non-hydrogen) atoms. The third-order valence-corrected chi connectivity index (χ3v) is 3.41. The lowest BCUT2D eigenvalue weighted by molar-refractivity contribution is -0.131. The number of carbonyl (C=O) groups is 2. The molecule has 8 heteroatoms. The minimum absolute atomic E-state index is 0.169. The minimum atomic E-state index is -1.67. The summed E-state index contributed by atoms with van der Waals surface area (Å²) in [6.45, 7) is 3.16. The monoisotopic (exact) mass is 296 g/mol. The van der Waals surface area contributed by atoms with Gasteiger partial charge in [0.15, 0.2) is 0 Å². The summed E-state index contributed by atoms with van der Waals surface area (Å²) in [7, 11) is -0.202. The first kappa shape index (κ1) is 16.4. The molecule has 2 amide bonds. The van der Waals surface area contributed by atoms with E-state index in [1.54, 1.807) is 0 Å². The van der Waals surface area contributed by atoms with Crippen LogP contribution >= 0.6 is 11.3 Å². The molecule has 1 aromatic heterocycles. The number of amides is 2. The molecule has 0 aromatic carbocycles. The van der Waals surface area contributed by atoms with Gasteiger partial charge in [-0.2, -0.15) is 11.3 Å². The van der Waals surface area contributed by atoms with E-state index in [0.29, 0.717) is 6.42 Å². The van der Waals surface area contributed by atoms with E-state index in [1.165, 1.54) is 23.3 Å². The van der Waals surface area contributed by atoms with Crippen LogP contribution in [0.1, 0.15) is 5.56 Å². The Kier molecular flexibility index (Phi) is 6.43. The molecule has 0 aliphatic rings. The number of thiophene rings is 1. The predicted molar refractivity (Wildman–Crippen MR) is 78.0 cm³/mol. The van der Waals surface area contributed by atoms with Crippen LogP contribution in [0, 0.1) is 0 Å². The number of nitrogens with one attached hydrogen (secondary N) is 1. The highest BCUT2D eigenvalue weighted by molar-refractivity contribution is 7.07. The summed E-state index contributed by atoms with van der Waals surface area (Å²) >= 11 is 1.49. The van der Waals surface area contributed by atoms with Gasteiger partial charge in [-0.25, -0.2) is 0 Å². The molecule has 3 N–H and O–H groups in total. The largest absolute Gasteiger partial charge is 0.475 e. The quantitative estimate of drug-likeness (QED) is 0.464. The number of hydrogen-bond acceptors (Lipinski definition) is 5.